The normalized spacial score (nSPS) is 12.5. The van der Waals surface area contributed by atoms with Gasteiger partial charge in [0.1, 0.15) is 6.04 Å². The summed E-state index contributed by atoms with van der Waals surface area (Å²) >= 11 is 0. The lowest BCUT2D eigenvalue weighted by Gasteiger charge is -2.19. The van der Waals surface area contributed by atoms with Gasteiger partial charge in [0.25, 0.3) is 0 Å². The van der Waals surface area contributed by atoms with Crippen molar-refractivity contribution in [3.8, 4) is 6.07 Å². The van der Waals surface area contributed by atoms with Crippen molar-refractivity contribution < 1.29 is 4.79 Å². The molecule has 0 aromatic rings. The van der Waals surface area contributed by atoms with Crippen molar-refractivity contribution in [3.05, 3.63) is 0 Å². The van der Waals surface area contributed by atoms with Crippen LogP contribution < -0.4 is 10.6 Å². The minimum Gasteiger partial charge on any atom is -0.354 e. The van der Waals surface area contributed by atoms with Crippen LogP contribution in [0.25, 0.3) is 0 Å². The number of amides is 1. The van der Waals surface area contributed by atoms with Gasteiger partial charge in [-0.05, 0) is 26.9 Å². The number of carbonyl (C=O) groups is 1. The highest BCUT2D eigenvalue weighted by molar-refractivity contribution is 5.77. The summed E-state index contributed by atoms with van der Waals surface area (Å²) in [7, 11) is 0. The van der Waals surface area contributed by atoms with Crippen LogP contribution in [0.4, 0.5) is 0 Å². The fraction of sp³-hybridized carbons (Fsp3) is 0.846. The summed E-state index contributed by atoms with van der Waals surface area (Å²) in [6.45, 7) is 11.7. The summed E-state index contributed by atoms with van der Waals surface area (Å²) in [6, 6.07) is 1.84. The number of hydrogen-bond donors (Lipinski definition) is 2. The molecule has 0 fully saturated rings. The molecule has 0 rings (SSSR count). The number of nitriles is 1. The zero-order valence-corrected chi connectivity index (χ0v) is 12.0. The Balaban J connectivity index is 3.91. The van der Waals surface area contributed by atoms with Crippen molar-refractivity contribution in [2.24, 2.45) is 0 Å². The van der Waals surface area contributed by atoms with Crippen LogP contribution in [-0.2, 0) is 4.79 Å². The molecule has 1 atom stereocenters. The molecule has 0 aliphatic heterocycles. The van der Waals surface area contributed by atoms with Crippen LogP contribution in [0.3, 0.4) is 0 Å². The van der Waals surface area contributed by atoms with E-state index in [0.29, 0.717) is 0 Å². The second kappa shape index (κ2) is 9.86. The molecule has 5 nitrogen and oxygen atoms in total. The molecule has 0 radical (unpaired) electrons. The Hall–Kier alpha value is -1.12. The highest BCUT2D eigenvalue weighted by Gasteiger charge is 2.13. The molecule has 1 amide bonds. The van der Waals surface area contributed by atoms with Crippen molar-refractivity contribution in [1.82, 2.24) is 15.5 Å². The maximum absolute atomic E-state index is 11.5. The lowest BCUT2D eigenvalue weighted by atomic mass is 10.2. The average Bonchev–Trinajstić information content (AvgIpc) is 2.32. The maximum Gasteiger partial charge on any atom is 0.222 e. The van der Waals surface area contributed by atoms with Gasteiger partial charge in [-0.2, -0.15) is 5.26 Å². The van der Waals surface area contributed by atoms with E-state index in [4.69, 9.17) is 5.26 Å². The molecule has 0 heterocycles. The van der Waals surface area contributed by atoms with Crippen molar-refractivity contribution in [1.29, 1.82) is 5.26 Å². The van der Waals surface area contributed by atoms with Gasteiger partial charge in [0.15, 0.2) is 0 Å². The zero-order chi connectivity index (χ0) is 14.0. The predicted octanol–water partition coefficient (Wildman–Crippen LogP) is 0.725. The summed E-state index contributed by atoms with van der Waals surface area (Å²) in [5, 5.41) is 14.9. The molecular formula is C13H26N4O. The van der Waals surface area contributed by atoms with Crippen LogP contribution in [0.2, 0.25) is 0 Å². The Kier molecular flexibility index (Phi) is 9.25. The molecule has 0 saturated heterocycles. The van der Waals surface area contributed by atoms with E-state index >= 15 is 0 Å². The monoisotopic (exact) mass is 254 g/mol. The molecule has 5 heteroatoms. The maximum atomic E-state index is 11.5. The minimum atomic E-state index is -0.403. The number of likely N-dealkylation sites (N-methyl/N-ethyl adjacent to an activating group) is 1. The number of carbonyl (C=O) groups excluding carboxylic acids is 1. The first-order chi connectivity index (χ1) is 8.53. The third-order valence-electron chi connectivity index (χ3n) is 2.71. The highest BCUT2D eigenvalue weighted by atomic mass is 16.1. The van der Waals surface area contributed by atoms with E-state index in [9.17, 15) is 4.79 Å². The van der Waals surface area contributed by atoms with Crippen molar-refractivity contribution in [3.63, 3.8) is 0 Å². The first-order valence-corrected chi connectivity index (χ1v) is 6.68. The average molecular weight is 254 g/mol. The quantitative estimate of drug-likeness (QED) is 0.636. The highest BCUT2D eigenvalue weighted by Crippen LogP contribution is 1.93. The van der Waals surface area contributed by atoms with Gasteiger partial charge in [-0.15, -0.1) is 0 Å². The summed E-state index contributed by atoms with van der Waals surface area (Å²) in [5.41, 5.74) is 0. The number of hydrogen-bond acceptors (Lipinski definition) is 4. The predicted molar refractivity (Wildman–Crippen MR) is 73.1 cm³/mol. The van der Waals surface area contributed by atoms with Crippen LogP contribution in [0, 0.1) is 11.3 Å². The molecule has 0 spiro atoms. The van der Waals surface area contributed by atoms with E-state index in [-0.39, 0.29) is 18.4 Å². The van der Waals surface area contributed by atoms with E-state index in [1.165, 1.54) is 0 Å². The van der Waals surface area contributed by atoms with Gasteiger partial charge in [-0.3, -0.25) is 4.79 Å². The number of nitrogens with zero attached hydrogens (tertiary/aromatic N) is 2. The molecule has 0 aliphatic carbocycles. The van der Waals surface area contributed by atoms with Gasteiger partial charge in [-0.1, -0.05) is 13.8 Å². The smallest absolute Gasteiger partial charge is 0.222 e. The molecule has 18 heavy (non-hydrogen) atoms. The fourth-order valence-corrected chi connectivity index (χ4v) is 1.67. The van der Waals surface area contributed by atoms with Gasteiger partial charge in [-0.25, -0.2) is 0 Å². The van der Waals surface area contributed by atoms with E-state index in [2.05, 4.69) is 35.5 Å². The van der Waals surface area contributed by atoms with Crippen molar-refractivity contribution >= 4 is 5.91 Å². The standard InChI is InChI=1S/C13H26N4O/c1-5-17(6-2)8-7-15-12(10-14)9-13(18)16-11(3)4/h11-12,15H,5-9H2,1-4H3,(H,16,18). The minimum absolute atomic E-state index is 0.0770. The molecular weight excluding hydrogens is 228 g/mol. The molecule has 0 aliphatic rings. The Labute approximate surface area is 111 Å². The van der Waals surface area contributed by atoms with Crippen molar-refractivity contribution in [2.75, 3.05) is 26.2 Å². The van der Waals surface area contributed by atoms with Crippen LogP contribution in [0.15, 0.2) is 0 Å². The van der Waals surface area contributed by atoms with Crippen LogP contribution in [0.1, 0.15) is 34.1 Å². The van der Waals surface area contributed by atoms with Gasteiger partial charge in [0.05, 0.1) is 12.5 Å². The fourth-order valence-electron chi connectivity index (χ4n) is 1.67. The summed E-state index contributed by atoms with van der Waals surface area (Å²) < 4.78 is 0. The lowest BCUT2D eigenvalue weighted by Crippen LogP contribution is -2.40. The molecule has 2 N–H and O–H groups in total. The van der Waals surface area contributed by atoms with E-state index in [1.54, 1.807) is 0 Å². The summed E-state index contributed by atoms with van der Waals surface area (Å²) in [4.78, 5) is 13.8. The van der Waals surface area contributed by atoms with E-state index in [0.717, 1.165) is 26.2 Å². The summed E-state index contributed by atoms with van der Waals surface area (Å²) in [5.74, 6) is -0.0770. The van der Waals surface area contributed by atoms with Crippen LogP contribution >= 0.6 is 0 Å². The Bertz CT molecular complexity index is 269. The third kappa shape index (κ3) is 8.04. The molecule has 1 unspecified atom stereocenters. The Morgan fingerprint density at radius 3 is 2.39 bits per heavy atom. The van der Waals surface area contributed by atoms with Gasteiger partial charge in [0.2, 0.25) is 5.91 Å². The second-order valence-corrected chi connectivity index (χ2v) is 4.59. The number of nitrogens with one attached hydrogen (secondary N) is 2. The van der Waals surface area contributed by atoms with Gasteiger partial charge in [0, 0.05) is 19.1 Å². The zero-order valence-electron chi connectivity index (χ0n) is 12.0. The summed E-state index contributed by atoms with van der Waals surface area (Å²) in [6.07, 6.45) is 0.215. The van der Waals surface area contributed by atoms with Crippen LogP contribution in [-0.4, -0.2) is 49.1 Å². The largest absolute Gasteiger partial charge is 0.354 e. The van der Waals surface area contributed by atoms with E-state index < -0.39 is 6.04 Å². The molecule has 0 bridgehead atoms. The first kappa shape index (κ1) is 16.9. The number of rotatable bonds is 9. The third-order valence-corrected chi connectivity index (χ3v) is 2.71. The topological polar surface area (TPSA) is 68.2 Å². The molecule has 0 saturated carbocycles. The Morgan fingerprint density at radius 2 is 1.94 bits per heavy atom. The second-order valence-electron chi connectivity index (χ2n) is 4.59. The molecule has 0 aromatic heterocycles. The van der Waals surface area contributed by atoms with E-state index in [1.807, 2.05) is 13.8 Å². The van der Waals surface area contributed by atoms with Gasteiger partial charge >= 0.3 is 0 Å². The molecule has 0 aromatic carbocycles. The lowest BCUT2D eigenvalue weighted by molar-refractivity contribution is -0.121. The first-order valence-electron chi connectivity index (χ1n) is 6.68. The van der Waals surface area contributed by atoms with Crippen molar-refractivity contribution in [2.45, 2.75) is 46.2 Å². The Morgan fingerprint density at radius 1 is 1.33 bits per heavy atom. The molecule has 104 valence electrons. The van der Waals surface area contributed by atoms with Crippen LogP contribution in [0.5, 0.6) is 0 Å². The van der Waals surface area contributed by atoms with Gasteiger partial charge < -0.3 is 15.5 Å². The SMILES string of the molecule is CCN(CC)CCNC(C#N)CC(=O)NC(C)C.